The summed E-state index contributed by atoms with van der Waals surface area (Å²) in [7, 11) is -2.91. The summed E-state index contributed by atoms with van der Waals surface area (Å²) < 4.78 is 5.67. The number of hydrogen-bond donors (Lipinski definition) is 11. The van der Waals surface area contributed by atoms with Crippen molar-refractivity contribution >= 4 is 91.2 Å². The fraction of sp³-hybridized carbons (Fsp3) is 0.381. The molecular weight excluding hydrogens is 822 g/mol. The third-order valence-electron chi connectivity index (χ3n) is 9.01. The minimum atomic E-state index is -1.53. The molecule has 63 heavy (non-hydrogen) atoms. The number of primary amides is 2. The van der Waals surface area contributed by atoms with Gasteiger partial charge in [0.05, 0.1) is 13.3 Å². The Morgan fingerprint density at radius 1 is 0.651 bits per heavy atom. The molecule has 4 radical (unpaired) electrons. The molecule has 0 aliphatic carbocycles. The molecule has 0 aromatic heterocycles. The molecule has 2 aromatic carbocycles. The zero-order chi connectivity index (χ0) is 48.2. The average Bonchev–Trinajstić information content (AvgIpc) is 3.27. The summed E-state index contributed by atoms with van der Waals surface area (Å²) in [5, 5.41) is 46.3. The number of nitrogens with one attached hydrogen (secondary N) is 5. The van der Waals surface area contributed by atoms with Gasteiger partial charge < -0.3 is 52.8 Å². The predicted octanol–water partition coefficient (Wildman–Crippen LogP) is 0.146. The molecule has 0 aliphatic heterocycles. The molecule has 4 atom stereocenters. The minimum absolute atomic E-state index is 0. The van der Waals surface area contributed by atoms with E-state index in [4.69, 9.17) is 20.1 Å². The molecule has 0 fully saturated rings. The van der Waals surface area contributed by atoms with E-state index >= 15 is 0 Å². The first-order valence-electron chi connectivity index (χ1n) is 19.7. The predicted molar refractivity (Wildman–Crippen MR) is 252 cm³/mol. The third kappa shape index (κ3) is 32.0. The van der Waals surface area contributed by atoms with Crippen LogP contribution in [0.1, 0.15) is 83.3 Å². The van der Waals surface area contributed by atoms with E-state index in [-0.39, 0.29) is 75.0 Å². The van der Waals surface area contributed by atoms with Crippen LogP contribution < -0.4 is 43.7 Å². The summed E-state index contributed by atoms with van der Waals surface area (Å²) in [6, 6.07) is 13.9. The molecule has 13 N–H and O–H groups in total. The summed E-state index contributed by atoms with van der Waals surface area (Å²) >= 11 is 1.67. The van der Waals surface area contributed by atoms with Crippen LogP contribution in [-0.2, 0) is 28.8 Å². The van der Waals surface area contributed by atoms with Gasteiger partial charge in [-0.1, -0.05) is 109 Å². The number of nitrogens with two attached hydrogens (primary N) is 2. The van der Waals surface area contributed by atoms with Crippen molar-refractivity contribution in [1.82, 2.24) is 21.3 Å². The Labute approximate surface area is 383 Å². The summed E-state index contributed by atoms with van der Waals surface area (Å²) in [5.74, 6) is -2.07. The zero-order valence-electron chi connectivity index (χ0n) is 36.9. The van der Waals surface area contributed by atoms with Crippen LogP contribution in [0.2, 0.25) is 0 Å². The maximum absolute atomic E-state index is 12.5. The third-order valence-corrected chi connectivity index (χ3v) is 9.01. The van der Waals surface area contributed by atoms with Crippen LogP contribution in [0, 0.1) is 22.1 Å². The van der Waals surface area contributed by atoms with Crippen LogP contribution in [-0.4, -0.2) is 108 Å². The van der Waals surface area contributed by atoms with Gasteiger partial charge in [0.1, 0.15) is 0 Å². The Morgan fingerprint density at radius 2 is 1.05 bits per heavy atom. The van der Waals surface area contributed by atoms with Crippen LogP contribution >= 0.6 is 0 Å². The van der Waals surface area contributed by atoms with E-state index in [9.17, 15) is 38.8 Å². The van der Waals surface area contributed by atoms with Crippen molar-refractivity contribution in [2.45, 2.75) is 72.1 Å². The Hall–Kier alpha value is -5.41. The van der Waals surface area contributed by atoms with Gasteiger partial charge in [0.15, 0.2) is 0 Å². The molecule has 0 saturated heterocycles. The van der Waals surface area contributed by atoms with Crippen LogP contribution in [0.5, 0.6) is 0 Å². The maximum atomic E-state index is 12.5. The number of carbonyl (C=O) groups excluding carboxylic acids is 6. The molecular formula is C42H65AlB3N7O10. The van der Waals surface area contributed by atoms with E-state index in [1.54, 1.807) is 58.6 Å². The number of hydrogen-bond acceptors (Lipinski definition) is 11. The fourth-order valence-electron chi connectivity index (χ4n) is 4.87. The molecule has 2 aromatic rings. The van der Waals surface area contributed by atoms with Gasteiger partial charge in [-0.2, -0.15) is 0 Å². The van der Waals surface area contributed by atoms with Gasteiger partial charge in [-0.15, -0.1) is 0 Å². The van der Waals surface area contributed by atoms with Crippen molar-refractivity contribution in [2.24, 2.45) is 29.2 Å². The van der Waals surface area contributed by atoms with E-state index in [2.05, 4.69) is 53.3 Å². The van der Waals surface area contributed by atoms with Gasteiger partial charge in [0, 0.05) is 26.2 Å². The number of amides is 6. The van der Waals surface area contributed by atoms with Gasteiger partial charge in [-0.25, -0.2) is 0 Å². The van der Waals surface area contributed by atoms with Crippen LogP contribution in [0.3, 0.4) is 0 Å². The summed E-state index contributed by atoms with van der Waals surface area (Å²) in [4.78, 5) is 66.4. The van der Waals surface area contributed by atoms with Crippen molar-refractivity contribution in [3.05, 3.63) is 104 Å². The van der Waals surface area contributed by atoms with E-state index in [1.807, 2.05) is 39.8 Å². The van der Waals surface area contributed by atoms with Crippen molar-refractivity contribution in [3.63, 3.8) is 0 Å². The van der Waals surface area contributed by atoms with E-state index in [1.165, 1.54) is 0 Å². The summed E-state index contributed by atoms with van der Waals surface area (Å²) in [6.45, 7) is 20.9. The van der Waals surface area contributed by atoms with Gasteiger partial charge in [-0.05, 0) is 84.7 Å². The SMILES string of the molecule is C=CC(=O)NCNC(=O)C=C.C=CC(N)=O.C=Cc1ccc(B(O)O)cc1.CCC(C)C(=O)NCNC(=O)C(C)CCC(CCC(CC)C(N)=O)c1ccc(B(O)O)cc1.[B].[NH]=[Al]. The number of carbonyl (C=O) groups is 6. The van der Waals surface area contributed by atoms with Crippen LogP contribution in [0.4, 0.5) is 0 Å². The average molecular weight is 887 g/mol. The molecule has 17 nitrogen and oxygen atoms in total. The fourth-order valence-corrected chi connectivity index (χ4v) is 4.87. The topological polar surface area (TPSA) is 307 Å². The van der Waals surface area contributed by atoms with Crippen molar-refractivity contribution < 1.29 is 48.9 Å². The molecule has 340 valence electrons. The van der Waals surface area contributed by atoms with Crippen molar-refractivity contribution in [2.75, 3.05) is 13.3 Å². The number of benzene rings is 2. The molecule has 0 aliphatic rings. The summed E-state index contributed by atoms with van der Waals surface area (Å²) in [6.07, 6.45) is 9.18. The molecule has 6 amide bonds. The molecule has 0 saturated carbocycles. The second-order valence-electron chi connectivity index (χ2n) is 13.4. The monoisotopic (exact) mass is 887 g/mol. The first-order valence-corrected chi connectivity index (χ1v) is 20.3. The van der Waals surface area contributed by atoms with Gasteiger partial charge in [0.25, 0.3) is 0 Å². The molecule has 4 unspecified atom stereocenters. The van der Waals surface area contributed by atoms with Crippen LogP contribution in [0.25, 0.3) is 6.08 Å². The Morgan fingerprint density at radius 3 is 1.40 bits per heavy atom. The van der Waals surface area contributed by atoms with E-state index in [0.717, 1.165) is 48.6 Å². The standard InChI is InChI=1S/C24H40BN3O5.C8H9BO2.C7H10N2O2.C3H5NO.Al.B.HN/c1-5-16(3)23(30)27-15-28-24(31)17(4)7-8-19(10-9-18(6-2)22(26)29)20-11-13-21(14-12-20)25(32)33;1-2-7-3-5-8(6-4-7)9(10)11;1-3-6(10)8-5-9-7(11)4-2;1-2-3(4)5;;;/h11-14,16-19,32-33H,5-10,15H2,1-4H3,(H2,26,29)(H,27,30)(H,28,31);2-6,10-11H,1H2;3-4H,1-2,5H2,(H,8,10)(H,9,11);2H,1H2,(H2,4,5);;;1H. The molecule has 0 spiro atoms. The Balaban J connectivity index is -0.000000469. The van der Waals surface area contributed by atoms with Gasteiger partial charge in [0.2, 0.25) is 35.4 Å². The zero-order valence-corrected chi connectivity index (χ0v) is 38.1. The Kier molecular flexibility index (Phi) is 40.2. The molecule has 0 bridgehead atoms. The van der Waals surface area contributed by atoms with Crippen LogP contribution in [0.15, 0.2) is 93.1 Å². The Bertz CT molecular complexity index is 1670. The van der Waals surface area contributed by atoms with Gasteiger partial charge in [-0.3, -0.25) is 28.8 Å². The van der Waals surface area contributed by atoms with Gasteiger partial charge >= 0.3 is 34.7 Å². The normalized spacial score (nSPS) is 11.2. The second-order valence-corrected chi connectivity index (χ2v) is 13.4. The molecule has 21 heteroatoms. The molecule has 2 rings (SSSR count). The number of rotatable bonds is 22. The quantitative estimate of drug-likeness (QED) is 0.0432. The van der Waals surface area contributed by atoms with E-state index in [0.29, 0.717) is 30.2 Å². The summed E-state index contributed by atoms with van der Waals surface area (Å²) in [5.41, 5.74) is 12.9. The van der Waals surface area contributed by atoms with Crippen molar-refractivity contribution in [3.8, 4) is 0 Å². The van der Waals surface area contributed by atoms with E-state index < -0.39 is 20.1 Å². The molecule has 0 heterocycles. The second kappa shape index (κ2) is 39.4. The van der Waals surface area contributed by atoms with Crippen molar-refractivity contribution in [1.29, 1.82) is 4.35 Å². The first kappa shape index (κ1) is 64.2. The first-order chi connectivity index (χ1) is 29.3.